The Bertz CT molecular complexity index is 419. The molecule has 1 aromatic heterocycles. The van der Waals surface area contributed by atoms with Gasteiger partial charge in [-0.2, -0.15) is 0 Å². The van der Waals surface area contributed by atoms with Crippen molar-refractivity contribution in [1.29, 1.82) is 0 Å². The van der Waals surface area contributed by atoms with Gasteiger partial charge in [0, 0.05) is 29.9 Å². The van der Waals surface area contributed by atoms with Crippen molar-refractivity contribution in [2.24, 2.45) is 4.99 Å². The van der Waals surface area contributed by atoms with E-state index >= 15 is 0 Å². The van der Waals surface area contributed by atoms with Crippen LogP contribution in [0.3, 0.4) is 0 Å². The first-order valence-electron chi connectivity index (χ1n) is 5.54. The number of rotatable bonds is 4. The van der Waals surface area contributed by atoms with Crippen LogP contribution >= 0.6 is 0 Å². The zero-order valence-corrected chi connectivity index (χ0v) is 9.37. The highest BCUT2D eigenvalue weighted by Gasteiger charge is 2.18. The summed E-state index contributed by atoms with van der Waals surface area (Å²) in [5.74, 6) is 0.486. The van der Waals surface area contributed by atoms with Crippen LogP contribution < -0.4 is 5.32 Å². The van der Waals surface area contributed by atoms with Gasteiger partial charge in [0.2, 0.25) is 0 Å². The third-order valence-electron chi connectivity index (χ3n) is 2.66. The Kier molecular flexibility index (Phi) is 3.64. The average Bonchev–Trinajstić information content (AvgIpc) is 2.30. The molecule has 0 saturated carbocycles. The maximum Gasteiger partial charge on any atom is 0.259 e. The second-order valence-corrected chi connectivity index (χ2v) is 4.01. The van der Waals surface area contributed by atoms with E-state index < -0.39 is 0 Å². The predicted molar refractivity (Wildman–Crippen MR) is 63.6 cm³/mol. The van der Waals surface area contributed by atoms with Gasteiger partial charge in [0.1, 0.15) is 0 Å². The van der Waals surface area contributed by atoms with E-state index in [0.29, 0.717) is 12.4 Å². The number of aromatic nitrogens is 1. The molecule has 0 aliphatic carbocycles. The highest BCUT2D eigenvalue weighted by molar-refractivity contribution is 5.84. The molecule has 0 bridgehead atoms. The van der Waals surface area contributed by atoms with E-state index in [-0.39, 0.29) is 17.5 Å². The van der Waals surface area contributed by atoms with Crippen LogP contribution in [0.2, 0.25) is 0 Å². The van der Waals surface area contributed by atoms with Gasteiger partial charge in [-0.25, -0.2) is 0 Å². The third-order valence-corrected chi connectivity index (χ3v) is 2.66. The monoisotopic (exact) mass is 234 g/mol. The van der Waals surface area contributed by atoms with Crippen LogP contribution in [0.15, 0.2) is 29.5 Å². The Morgan fingerprint density at radius 3 is 2.94 bits per heavy atom. The number of aliphatic imine (C=N–C) groups is 1. The molecule has 2 heterocycles. The smallest absolute Gasteiger partial charge is 0.259 e. The molecule has 1 aliphatic rings. The summed E-state index contributed by atoms with van der Waals surface area (Å²) in [6, 6.07) is 4.14. The number of hydrogen-bond acceptors (Lipinski definition) is 5. The predicted octanol–water partition coefficient (Wildman–Crippen LogP) is 0.661. The second kappa shape index (κ2) is 5.38. The van der Waals surface area contributed by atoms with Crippen molar-refractivity contribution in [3.8, 4) is 0 Å². The molecule has 2 rings (SSSR count). The van der Waals surface area contributed by atoms with Crippen molar-refractivity contribution in [2.45, 2.75) is 18.9 Å². The summed E-state index contributed by atoms with van der Waals surface area (Å²) in [6.07, 6.45) is 5.26. The molecule has 1 atom stereocenters. The van der Waals surface area contributed by atoms with Crippen molar-refractivity contribution in [2.75, 3.05) is 13.1 Å². The van der Waals surface area contributed by atoms with Crippen molar-refractivity contribution in [3.05, 3.63) is 40.2 Å². The number of pyridine rings is 1. The number of amidine groups is 1. The van der Waals surface area contributed by atoms with Gasteiger partial charge in [-0.3, -0.25) is 20.1 Å². The zero-order chi connectivity index (χ0) is 12.1. The summed E-state index contributed by atoms with van der Waals surface area (Å²) in [7, 11) is 0. The van der Waals surface area contributed by atoms with Gasteiger partial charge in [0.25, 0.3) is 6.54 Å². The summed E-state index contributed by atoms with van der Waals surface area (Å²) in [5, 5.41) is 13.5. The van der Waals surface area contributed by atoms with E-state index in [1.165, 1.54) is 5.56 Å². The molecule has 1 aromatic rings. The van der Waals surface area contributed by atoms with E-state index in [9.17, 15) is 10.1 Å². The lowest BCUT2D eigenvalue weighted by Gasteiger charge is -2.23. The molecule has 1 aliphatic heterocycles. The lowest BCUT2D eigenvalue weighted by atomic mass is 10.0. The molecule has 17 heavy (non-hydrogen) atoms. The minimum atomic E-state index is -0.360. The van der Waals surface area contributed by atoms with Crippen LogP contribution in [-0.2, 0) is 6.42 Å². The average molecular weight is 234 g/mol. The Balaban J connectivity index is 1.92. The fourth-order valence-electron chi connectivity index (χ4n) is 1.88. The lowest BCUT2D eigenvalue weighted by molar-refractivity contribution is -0.463. The van der Waals surface area contributed by atoms with Gasteiger partial charge in [0.05, 0.1) is 0 Å². The molecule has 0 amide bonds. The lowest BCUT2D eigenvalue weighted by Crippen LogP contribution is -2.43. The largest absolute Gasteiger partial charge is 0.365 e. The van der Waals surface area contributed by atoms with E-state index in [4.69, 9.17) is 0 Å². The van der Waals surface area contributed by atoms with Crippen molar-refractivity contribution < 1.29 is 4.92 Å². The van der Waals surface area contributed by atoms with Crippen molar-refractivity contribution in [3.63, 3.8) is 0 Å². The second-order valence-electron chi connectivity index (χ2n) is 4.01. The van der Waals surface area contributed by atoms with Crippen LogP contribution in [0.1, 0.15) is 12.0 Å². The van der Waals surface area contributed by atoms with Gasteiger partial charge in [-0.05, 0) is 30.5 Å². The molecule has 1 unspecified atom stereocenters. The van der Waals surface area contributed by atoms with Crippen molar-refractivity contribution in [1.82, 2.24) is 10.3 Å². The van der Waals surface area contributed by atoms with Crippen LogP contribution in [0, 0.1) is 10.1 Å². The first-order valence-corrected chi connectivity index (χ1v) is 5.54. The molecule has 0 radical (unpaired) electrons. The van der Waals surface area contributed by atoms with E-state index in [1.807, 2.05) is 12.1 Å². The van der Waals surface area contributed by atoms with Gasteiger partial charge in [0.15, 0.2) is 5.84 Å². The molecule has 6 heteroatoms. The summed E-state index contributed by atoms with van der Waals surface area (Å²) in [5.41, 5.74) is 1.18. The van der Waals surface area contributed by atoms with Crippen molar-refractivity contribution >= 4 is 5.84 Å². The molecule has 6 nitrogen and oxygen atoms in total. The van der Waals surface area contributed by atoms with Gasteiger partial charge < -0.3 is 5.32 Å². The summed E-state index contributed by atoms with van der Waals surface area (Å²) < 4.78 is 0. The van der Waals surface area contributed by atoms with Crippen LogP contribution in [-0.4, -0.2) is 34.9 Å². The maximum absolute atomic E-state index is 10.4. The highest BCUT2D eigenvalue weighted by atomic mass is 16.6. The van der Waals surface area contributed by atoms with Crippen LogP contribution in [0.5, 0.6) is 0 Å². The summed E-state index contributed by atoms with van der Waals surface area (Å²) in [6.45, 7) is 0.443. The van der Waals surface area contributed by atoms with E-state index in [2.05, 4.69) is 15.3 Å². The first kappa shape index (κ1) is 11.5. The fourth-order valence-corrected chi connectivity index (χ4v) is 1.88. The number of hydrogen-bond donors (Lipinski definition) is 1. The van der Waals surface area contributed by atoms with E-state index in [0.717, 1.165) is 12.8 Å². The Hall–Kier alpha value is -1.98. The quantitative estimate of drug-likeness (QED) is 0.613. The third kappa shape index (κ3) is 3.51. The normalized spacial score (nSPS) is 19.3. The minimum absolute atomic E-state index is 0.215. The molecule has 0 fully saturated rings. The summed E-state index contributed by atoms with van der Waals surface area (Å²) >= 11 is 0. The molecular weight excluding hydrogens is 220 g/mol. The van der Waals surface area contributed by atoms with Gasteiger partial charge >= 0.3 is 0 Å². The highest BCUT2D eigenvalue weighted by Crippen LogP contribution is 2.08. The first-order chi connectivity index (χ1) is 8.24. The van der Waals surface area contributed by atoms with Gasteiger partial charge in [-0.1, -0.05) is 0 Å². The summed E-state index contributed by atoms with van der Waals surface area (Å²) in [4.78, 5) is 18.1. The molecular formula is C11H14N4O2. The number of nitrogens with zero attached hydrogens (tertiary/aromatic N) is 3. The number of nitro groups is 1. The Labute approximate surface area is 98.9 Å². The van der Waals surface area contributed by atoms with Crippen LogP contribution in [0.25, 0.3) is 0 Å². The fraction of sp³-hybridized carbons (Fsp3) is 0.455. The Morgan fingerprint density at radius 2 is 2.24 bits per heavy atom. The van der Waals surface area contributed by atoms with E-state index in [1.54, 1.807) is 12.4 Å². The minimum Gasteiger partial charge on any atom is -0.365 e. The topological polar surface area (TPSA) is 80.4 Å². The molecule has 1 N–H and O–H groups in total. The maximum atomic E-state index is 10.4. The number of nitrogens with one attached hydrogen (secondary N) is 1. The van der Waals surface area contributed by atoms with Gasteiger partial charge in [-0.15, -0.1) is 0 Å². The van der Waals surface area contributed by atoms with Crippen LogP contribution in [0.4, 0.5) is 0 Å². The SMILES string of the molecule is O=[N+]([O-])CC1=NCCC(Cc2ccncc2)N1. The molecule has 90 valence electrons. The molecule has 0 saturated heterocycles. The standard InChI is InChI=1S/C11H14N4O2/c16-15(17)8-11-13-6-3-10(14-11)7-9-1-4-12-5-2-9/h1-2,4-5,10H,3,6-8H2,(H,13,14). The zero-order valence-electron chi connectivity index (χ0n) is 9.37. The molecule has 0 spiro atoms. The Morgan fingerprint density at radius 1 is 1.47 bits per heavy atom. The molecule has 0 aromatic carbocycles.